The van der Waals surface area contributed by atoms with Crippen molar-refractivity contribution in [2.45, 2.75) is 19.6 Å². The molecule has 7 nitrogen and oxygen atoms in total. The standard InChI is InChI=1S/C17H22N4O3/c1-11(22)18-9-14(23)10-19-13-3-4-15-12(7-13)8-16-17(24)20(2)5-6-21(15)16/h3-4,7-8,14,19,23H,5-6,9-10H2,1-2H3,(H,18,22)/t14-/m0/s1. The zero-order chi connectivity index (χ0) is 17.3. The summed E-state index contributed by atoms with van der Waals surface area (Å²) in [5.74, 6) is -0.123. The Labute approximate surface area is 140 Å². The summed E-state index contributed by atoms with van der Waals surface area (Å²) in [6, 6.07) is 7.80. The van der Waals surface area contributed by atoms with E-state index in [1.165, 1.54) is 6.92 Å². The Hall–Kier alpha value is -2.54. The van der Waals surface area contributed by atoms with Crippen LogP contribution >= 0.6 is 0 Å². The molecule has 2 heterocycles. The molecule has 1 aromatic carbocycles. The molecule has 0 saturated carbocycles. The third-order valence-corrected chi connectivity index (χ3v) is 4.25. The van der Waals surface area contributed by atoms with Gasteiger partial charge in [-0.2, -0.15) is 0 Å². The first-order valence-electron chi connectivity index (χ1n) is 8.01. The van der Waals surface area contributed by atoms with E-state index < -0.39 is 6.10 Å². The minimum absolute atomic E-state index is 0.0395. The number of hydrogen-bond acceptors (Lipinski definition) is 4. The number of aliphatic hydroxyl groups excluding tert-OH is 1. The van der Waals surface area contributed by atoms with Crippen LogP contribution in [0, 0.1) is 0 Å². The molecule has 1 atom stereocenters. The Morgan fingerprint density at radius 3 is 2.83 bits per heavy atom. The molecular weight excluding hydrogens is 308 g/mol. The Kier molecular flexibility index (Phi) is 4.44. The van der Waals surface area contributed by atoms with Gasteiger partial charge < -0.3 is 25.2 Å². The van der Waals surface area contributed by atoms with Gasteiger partial charge in [-0.15, -0.1) is 0 Å². The Morgan fingerprint density at radius 1 is 1.29 bits per heavy atom. The third kappa shape index (κ3) is 3.21. The Bertz CT molecular complexity index is 783. The number of carbonyl (C=O) groups is 2. The molecule has 3 N–H and O–H groups in total. The molecule has 0 aliphatic carbocycles. The van der Waals surface area contributed by atoms with E-state index >= 15 is 0 Å². The first-order valence-corrected chi connectivity index (χ1v) is 8.01. The summed E-state index contributed by atoms with van der Waals surface area (Å²) in [7, 11) is 1.81. The summed E-state index contributed by atoms with van der Waals surface area (Å²) in [6.07, 6.45) is -0.665. The van der Waals surface area contributed by atoms with Gasteiger partial charge in [0.15, 0.2) is 0 Å². The van der Waals surface area contributed by atoms with Crippen molar-refractivity contribution >= 4 is 28.4 Å². The summed E-state index contributed by atoms with van der Waals surface area (Å²) < 4.78 is 2.05. The van der Waals surface area contributed by atoms with E-state index in [0.717, 1.165) is 23.1 Å². The van der Waals surface area contributed by atoms with Crippen molar-refractivity contribution in [2.24, 2.45) is 0 Å². The van der Waals surface area contributed by atoms with Crippen LogP contribution in [0.25, 0.3) is 10.9 Å². The molecule has 0 unspecified atom stereocenters. The Morgan fingerprint density at radius 2 is 2.08 bits per heavy atom. The van der Waals surface area contributed by atoms with Crippen LogP contribution in [0.1, 0.15) is 17.4 Å². The molecule has 2 amide bonds. The first kappa shape index (κ1) is 16.3. The van der Waals surface area contributed by atoms with Crippen LogP contribution in [0.3, 0.4) is 0 Å². The fourth-order valence-electron chi connectivity index (χ4n) is 2.92. The van der Waals surface area contributed by atoms with E-state index in [4.69, 9.17) is 0 Å². The molecule has 3 rings (SSSR count). The number of nitrogens with zero attached hydrogens (tertiary/aromatic N) is 2. The predicted molar refractivity (Wildman–Crippen MR) is 92.1 cm³/mol. The van der Waals surface area contributed by atoms with Crippen molar-refractivity contribution in [1.82, 2.24) is 14.8 Å². The number of benzene rings is 1. The van der Waals surface area contributed by atoms with Gasteiger partial charge in [0, 0.05) is 56.7 Å². The van der Waals surface area contributed by atoms with Gasteiger partial charge in [-0.1, -0.05) is 0 Å². The molecule has 128 valence electrons. The number of rotatable bonds is 5. The smallest absolute Gasteiger partial charge is 0.270 e. The highest BCUT2D eigenvalue weighted by atomic mass is 16.3. The number of carbonyl (C=O) groups excluding carboxylic acids is 2. The van der Waals surface area contributed by atoms with E-state index in [1.54, 1.807) is 4.90 Å². The van der Waals surface area contributed by atoms with Crippen molar-refractivity contribution in [3.8, 4) is 0 Å². The maximum Gasteiger partial charge on any atom is 0.270 e. The molecule has 1 aliphatic rings. The van der Waals surface area contributed by atoms with Gasteiger partial charge in [-0.25, -0.2) is 0 Å². The second-order valence-electron chi connectivity index (χ2n) is 6.15. The van der Waals surface area contributed by atoms with Crippen molar-refractivity contribution in [1.29, 1.82) is 0 Å². The number of aliphatic hydroxyl groups is 1. The zero-order valence-corrected chi connectivity index (χ0v) is 13.9. The van der Waals surface area contributed by atoms with Gasteiger partial charge in [0.2, 0.25) is 5.91 Å². The lowest BCUT2D eigenvalue weighted by atomic mass is 10.2. The lowest BCUT2D eigenvalue weighted by Gasteiger charge is -2.24. The number of likely N-dealkylation sites (N-methyl/N-ethyl adjacent to an activating group) is 1. The van der Waals surface area contributed by atoms with Crippen LogP contribution in [-0.4, -0.2) is 59.2 Å². The van der Waals surface area contributed by atoms with Crippen molar-refractivity contribution < 1.29 is 14.7 Å². The molecule has 1 aromatic heterocycles. The van der Waals surface area contributed by atoms with E-state index in [9.17, 15) is 14.7 Å². The summed E-state index contributed by atoms with van der Waals surface area (Å²) in [5, 5.41) is 16.6. The molecule has 0 fully saturated rings. The summed E-state index contributed by atoms with van der Waals surface area (Å²) in [6.45, 7) is 3.48. The van der Waals surface area contributed by atoms with E-state index in [2.05, 4.69) is 10.6 Å². The molecule has 0 radical (unpaired) electrons. The van der Waals surface area contributed by atoms with Crippen LogP contribution < -0.4 is 10.6 Å². The minimum atomic E-state index is -0.665. The molecular formula is C17H22N4O3. The lowest BCUT2D eigenvalue weighted by molar-refractivity contribution is -0.119. The number of anilines is 1. The van der Waals surface area contributed by atoms with E-state index in [-0.39, 0.29) is 18.4 Å². The molecule has 7 heteroatoms. The van der Waals surface area contributed by atoms with Gasteiger partial charge in [0.1, 0.15) is 5.69 Å². The molecule has 0 spiro atoms. The van der Waals surface area contributed by atoms with Gasteiger partial charge in [0.05, 0.1) is 6.10 Å². The van der Waals surface area contributed by atoms with E-state index in [1.807, 2.05) is 35.9 Å². The average Bonchev–Trinajstić information content (AvgIpc) is 2.93. The first-order chi connectivity index (χ1) is 11.5. The minimum Gasteiger partial charge on any atom is -0.389 e. The number of aromatic nitrogens is 1. The SMILES string of the molecule is CC(=O)NC[C@H](O)CNc1ccc2c(c1)cc1n2CCN(C)C1=O. The average molecular weight is 330 g/mol. The Balaban J connectivity index is 1.73. The van der Waals surface area contributed by atoms with Crippen molar-refractivity contribution in [2.75, 3.05) is 32.0 Å². The number of amides is 2. The van der Waals surface area contributed by atoms with Crippen LogP contribution in [0.5, 0.6) is 0 Å². The second kappa shape index (κ2) is 6.52. The maximum absolute atomic E-state index is 12.2. The van der Waals surface area contributed by atoms with E-state index in [0.29, 0.717) is 18.8 Å². The van der Waals surface area contributed by atoms with Gasteiger partial charge in [-0.3, -0.25) is 9.59 Å². The van der Waals surface area contributed by atoms with Crippen LogP contribution in [0.15, 0.2) is 24.3 Å². The topological polar surface area (TPSA) is 86.6 Å². The largest absolute Gasteiger partial charge is 0.389 e. The number of nitrogens with one attached hydrogen (secondary N) is 2. The molecule has 0 saturated heterocycles. The molecule has 0 bridgehead atoms. The monoisotopic (exact) mass is 330 g/mol. The van der Waals surface area contributed by atoms with Crippen molar-refractivity contribution in [3.05, 3.63) is 30.0 Å². The highest BCUT2D eigenvalue weighted by molar-refractivity contribution is 6.00. The van der Waals surface area contributed by atoms with Gasteiger partial charge in [-0.05, 0) is 24.3 Å². The maximum atomic E-state index is 12.2. The highest BCUT2D eigenvalue weighted by Crippen LogP contribution is 2.26. The normalized spacial score (nSPS) is 15.3. The lowest BCUT2D eigenvalue weighted by Crippen LogP contribution is -2.36. The van der Waals surface area contributed by atoms with Gasteiger partial charge >= 0.3 is 0 Å². The summed E-state index contributed by atoms with van der Waals surface area (Å²) >= 11 is 0. The van der Waals surface area contributed by atoms with Crippen molar-refractivity contribution in [3.63, 3.8) is 0 Å². The quantitative estimate of drug-likeness (QED) is 0.751. The highest BCUT2D eigenvalue weighted by Gasteiger charge is 2.23. The van der Waals surface area contributed by atoms with Gasteiger partial charge in [0.25, 0.3) is 5.91 Å². The fraction of sp³-hybridized carbons (Fsp3) is 0.412. The van der Waals surface area contributed by atoms with Crippen LogP contribution in [-0.2, 0) is 11.3 Å². The number of hydrogen-bond donors (Lipinski definition) is 3. The zero-order valence-electron chi connectivity index (χ0n) is 13.9. The predicted octanol–water partition coefficient (Wildman–Crippen LogP) is 0.636. The molecule has 1 aliphatic heterocycles. The number of fused-ring (bicyclic) bond motifs is 3. The summed E-state index contributed by atoms with van der Waals surface area (Å²) in [5.41, 5.74) is 2.62. The molecule has 24 heavy (non-hydrogen) atoms. The second-order valence-corrected chi connectivity index (χ2v) is 6.15. The fourth-order valence-corrected chi connectivity index (χ4v) is 2.92. The van der Waals surface area contributed by atoms with Crippen LogP contribution in [0.2, 0.25) is 0 Å². The third-order valence-electron chi connectivity index (χ3n) is 4.25. The molecule has 2 aromatic rings. The van der Waals surface area contributed by atoms with Crippen LogP contribution in [0.4, 0.5) is 5.69 Å². The summed E-state index contributed by atoms with van der Waals surface area (Å²) in [4.78, 5) is 24.8.